The number of carbonyl (C=O) groups excluding carboxylic acids is 1. The third kappa shape index (κ3) is 5.94. The van der Waals surface area contributed by atoms with E-state index in [2.05, 4.69) is 20.3 Å². The molecule has 1 aliphatic rings. The average molecular weight is 518 g/mol. The second kappa shape index (κ2) is 12.0. The molecule has 1 fully saturated rings. The van der Waals surface area contributed by atoms with Gasteiger partial charge in [0.15, 0.2) is 11.5 Å². The molecule has 5 atom stereocenters. The Kier molecular flexibility index (Phi) is 8.72. The van der Waals surface area contributed by atoms with Gasteiger partial charge in [-0.25, -0.2) is 20.0 Å². The van der Waals surface area contributed by atoms with Crippen LogP contribution in [0, 0.1) is 0 Å². The second-order valence-corrected chi connectivity index (χ2v) is 9.62. The molecule has 12 nitrogen and oxygen atoms in total. The van der Waals surface area contributed by atoms with Crippen LogP contribution in [0.3, 0.4) is 0 Å². The van der Waals surface area contributed by atoms with Crippen molar-refractivity contribution < 1.29 is 25.0 Å². The number of hydroxylamine groups is 2. The SMILES string of the molecule is CSCC[C@H](N)C(=O)N(O)C[C@H]1O[C@@H](Cn2cnc3c(NCc4ccccc4)ncnc32)[C@H](O)[C@@H]1O. The molecule has 0 saturated carbocycles. The van der Waals surface area contributed by atoms with Crippen LogP contribution in [0.1, 0.15) is 12.0 Å². The number of aliphatic hydroxyl groups is 2. The van der Waals surface area contributed by atoms with E-state index in [1.807, 2.05) is 36.6 Å². The van der Waals surface area contributed by atoms with Crippen molar-refractivity contribution in [3.63, 3.8) is 0 Å². The summed E-state index contributed by atoms with van der Waals surface area (Å²) in [6.07, 6.45) is 0.962. The Labute approximate surface area is 212 Å². The van der Waals surface area contributed by atoms with Gasteiger partial charge in [0.2, 0.25) is 0 Å². The first-order valence-electron chi connectivity index (χ1n) is 11.6. The van der Waals surface area contributed by atoms with E-state index in [9.17, 15) is 20.2 Å². The number of aromatic nitrogens is 4. The summed E-state index contributed by atoms with van der Waals surface area (Å²) in [7, 11) is 0. The standard InChI is InChI=1S/C23H31N7O5S/c1-36-8-7-15(24)23(33)30(34)11-17-20(32)19(31)16(35-17)10-29-13-28-18-21(26-12-27-22(18)29)25-9-14-5-3-2-4-6-14/h2-6,12-13,15-17,19-20,31-32,34H,7-11,24H2,1H3,(H,25,26,27)/t15-,16-,17+,19-,20+/m0/s1. The molecule has 4 rings (SSSR count). The summed E-state index contributed by atoms with van der Waals surface area (Å²) in [5.41, 5.74) is 8.02. The molecule has 0 radical (unpaired) electrons. The Morgan fingerprint density at radius 2 is 1.97 bits per heavy atom. The fourth-order valence-electron chi connectivity index (χ4n) is 4.07. The first kappa shape index (κ1) is 26.3. The topological polar surface area (TPSA) is 172 Å². The summed E-state index contributed by atoms with van der Waals surface area (Å²) in [5.74, 6) is 0.585. The number of fused-ring (bicyclic) bond motifs is 1. The predicted octanol–water partition coefficient (Wildman–Crippen LogP) is 0.226. The van der Waals surface area contributed by atoms with E-state index in [1.165, 1.54) is 6.33 Å². The minimum atomic E-state index is -1.30. The summed E-state index contributed by atoms with van der Waals surface area (Å²) >= 11 is 1.55. The highest BCUT2D eigenvalue weighted by Gasteiger charge is 2.44. The van der Waals surface area contributed by atoms with Crippen LogP contribution < -0.4 is 11.1 Å². The van der Waals surface area contributed by atoms with E-state index in [4.69, 9.17) is 10.5 Å². The molecule has 0 unspecified atom stereocenters. The number of aliphatic hydroxyl groups excluding tert-OH is 2. The van der Waals surface area contributed by atoms with E-state index in [0.717, 1.165) is 5.56 Å². The Morgan fingerprint density at radius 1 is 1.22 bits per heavy atom. The molecule has 6 N–H and O–H groups in total. The van der Waals surface area contributed by atoms with Crippen molar-refractivity contribution in [2.24, 2.45) is 5.73 Å². The maximum atomic E-state index is 12.3. The van der Waals surface area contributed by atoms with Crippen LogP contribution in [0.4, 0.5) is 5.82 Å². The summed E-state index contributed by atoms with van der Waals surface area (Å²) in [6.45, 7) is 0.392. The third-order valence-electron chi connectivity index (χ3n) is 6.10. The number of hydrogen-bond donors (Lipinski definition) is 5. The molecular formula is C23H31N7O5S. The first-order chi connectivity index (χ1) is 17.4. The van der Waals surface area contributed by atoms with Crippen LogP contribution >= 0.6 is 11.8 Å². The van der Waals surface area contributed by atoms with Crippen LogP contribution in [-0.2, 0) is 22.6 Å². The third-order valence-corrected chi connectivity index (χ3v) is 6.74. The van der Waals surface area contributed by atoms with Crippen molar-refractivity contribution in [2.75, 3.05) is 23.9 Å². The molecule has 36 heavy (non-hydrogen) atoms. The lowest BCUT2D eigenvalue weighted by Crippen LogP contribution is -2.47. The quantitative estimate of drug-likeness (QED) is 0.174. The molecule has 3 aromatic rings. The smallest absolute Gasteiger partial charge is 0.262 e. The predicted molar refractivity (Wildman–Crippen MR) is 134 cm³/mol. The number of imidazole rings is 1. The molecule has 0 bridgehead atoms. The molecule has 1 amide bonds. The molecular weight excluding hydrogens is 486 g/mol. The lowest BCUT2D eigenvalue weighted by molar-refractivity contribution is -0.176. The molecule has 0 spiro atoms. The Hall–Kier alpha value is -2.81. The zero-order chi connectivity index (χ0) is 25.7. The van der Waals surface area contributed by atoms with E-state index in [-0.39, 0.29) is 13.1 Å². The summed E-state index contributed by atoms with van der Waals surface area (Å²) in [6, 6.07) is 9.02. The van der Waals surface area contributed by atoms with E-state index in [1.54, 1.807) is 22.7 Å². The first-order valence-corrected chi connectivity index (χ1v) is 13.0. The molecule has 3 heterocycles. The summed E-state index contributed by atoms with van der Waals surface area (Å²) in [4.78, 5) is 25.3. The molecule has 0 aliphatic carbocycles. The lowest BCUT2D eigenvalue weighted by Gasteiger charge is -2.23. The van der Waals surface area contributed by atoms with Crippen LogP contribution in [0.15, 0.2) is 43.0 Å². The van der Waals surface area contributed by atoms with Gasteiger partial charge >= 0.3 is 0 Å². The second-order valence-electron chi connectivity index (χ2n) is 8.63. The monoisotopic (exact) mass is 517 g/mol. The zero-order valence-electron chi connectivity index (χ0n) is 19.8. The number of thioether (sulfide) groups is 1. The highest BCUT2D eigenvalue weighted by atomic mass is 32.2. The van der Waals surface area contributed by atoms with Gasteiger partial charge in [-0.3, -0.25) is 10.0 Å². The number of hydrogen-bond acceptors (Lipinski definition) is 11. The van der Waals surface area contributed by atoms with Crippen molar-refractivity contribution in [1.82, 2.24) is 24.6 Å². The maximum Gasteiger partial charge on any atom is 0.262 e. The average Bonchev–Trinajstić information content (AvgIpc) is 3.42. The number of ether oxygens (including phenoxy) is 1. The summed E-state index contributed by atoms with van der Waals surface area (Å²) in [5, 5.41) is 35.0. The molecule has 13 heteroatoms. The Morgan fingerprint density at radius 3 is 2.72 bits per heavy atom. The highest BCUT2D eigenvalue weighted by Crippen LogP contribution is 2.25. The van der Waals surface area contributed by atoms with Crippen LogP contribution in [0.25, 0.3) is 11.2 Å². The number of amides is 1. The van der Waals surface area contributed by atoms with E-state index >= 15 is 0 Å². The zero-order valence-corrected chi connectivity index (χ0v) is 20.7. The normalized spacial score (nSPS) is 22.6. The molecule has 1 aliphatic heterocycles. The van der Waals surface area contributed by atoms with E-state index in [0.29, 0.717) is 40.8 Å². The molecule has 194 valence electrons. The van der Waals surface area contributed by atoms with Gasteiger partial charge < -0.3 is 30.6 Å². The van der Waals surface area contributed by atoms with Gasteiger partial charge in [-0.1, -0.05) is 30.3 Å². The minimum absolute atomic E-state index is 0.146. The van der Waals surface area contributed by atoms with Gasteiger partial charge in [0.05, 0.1) is 25.5 Å². The van der Waals surface area contributed by atoms with Crippen molar-refractivity contribution in [2.45, 2.75) is 50.0 Å². The number of nitrogens with two attached hydrogens (primary N) is 1. The number of rotatable bonds is 11. The van der Waals surface area contributed by atoms with Crippen molar-refractivity contribution in [3.05, 3.63) is 48.5 Å². The number of nitrogens with zero attached hydrogens (tertiary/aromatic N) is 5. The minimum Gasteiger partial charge on any atom is -0.388 e. The van der Waals surface area contributed by atoms with Gasteiger partial charge in [-0.05, 0) is 24.0 Å². The number of nitrogens with one attached hydrogen (secondary N) is 1. The van der Waals surface area contributed by atoms with Crippen molar-refractivity contribution >= 4 is 34.7 Å². The van der Waals surface area contributed by atoms with Gasteiger partial charge in [0.25, 0.3) is 5.91 Å². The lowest BCUT2D eigenvalue weighted by atomic mass is 10.1. The van der Waals surface area contributed by atoms with Crippen LogP contribution in [-0.4, -0.2) is 94.9 Å². The van der Waals surface area contributed by atoms with Gasteiger partial charge in [0, 0.05) is 6.54 Å². The maximum absolute atomic E-state index is 12.3. The van der Waals surface area contributed by atoms with Gasteiger partial charge in [-0.2, -0.15) is 11.8 Å². The Balaban J connectivity index is 1.40. The number of benzene rings is 1. The largest absolute Gasteiger partial charge is 0.388 e. The van der Waals surface area contributed by atoms with Gasteiger partial charge in [0.1, 0.15) is 36.3 Å². The molecule has 1 aromatic carbocycles. The number of carbonyl (C=O) groups is 1. The molecule has 1 saturated heterocycles. The fourth-order valence-corrected chi connectivity index (χ4v) is 4.56. The fraction of sp³-hybridized carbons (Fsp3) is 0.478. The van der Waals surface area contributed by atoms with Crippen LogP contribution in [0.5, 0.6) is 0 Å². The number of anilines is 1. The molecule has 2 aromatic heterocycles. The highest BCUT2D eigenvalue weighted by molar-refractivity contribution is 7.98. The van der Waals surface area contributed by atoms with Gasteiger partial charge in [-0.15, -0.1) is 0 Å². The van der Waals surface area contributed by atoms with Crippen LogP contribution in [0.2, 0.25) is 0 Å². The van der Waals surface area contributed by atoms with Crippen molar-refractivity contribution in [3.8, 4) is 0 Å². The van der Waals surface area contributed by atoms with Crippen molar-refractivity contribution in [1.29, 1.82) is 0 Å². The summed E-state index contributed by atoms with van der Waals surface area (Å²) < 4.78 is 7.52. The van der Waals surface area contributed by atoms with E-state index < -0.39 is 36.4 Å². The Bertz CT molecular complexity index is 1150.